The minimum atomic E-state index is -4.71. The number of carbonyl (C=O) groups is 1. The molecule has 11 heteroatoms. The van der Waals surface area contributed by atoms with Gasteiger partial charge in [-0.2, -0.15) is 18.3 Å². The molecule has 6 nitrogen and oxygen atoms in total. The smallest absolute Gasteiger partial charge is 0.344 e. The lowest BCUT2D eigenvalue weighted by Gasteiger charge is -2.17. The molecule has 0 aliphatic heterocycles. The lowest BCUT2D eigenvalue weighted by Crippen LogP contribution is -2.43. The molecule has 1 heterocycles. The van der Waals surface area contributed by atoms with Crippen LogP contribution in [0.2, 0.25) is 0 Å². The van der Waals surface area contributed by atoms with Crippen LogP contribution in [0.4, 0.5) is 22.0 Å². The second-order valence-corrected chi connectivity index (χ2v) is 5.67. The van der Waals surface area contributed by atoms with Gasteiger partial charge in [0.05, 0.1) is 24.3 Å². The first-order chi connectivity index (χ1) is 12.5. The second kappa shape index (κ2) is 7.43. The highest BCUT2D eigenvalue weighted by atomic mass is 19.4. The maximum Gasteiger partial charge on any atom is 0.418 e. The predicted molar refractivity (Wildman–Crippen MR) is 85.9 cm³/mol. The van der Waals surface area contributed by atoms with Crippen molar-refractivity contribution >= 4 is 5.91 Å². The highest BCUT2D eigenvalue weighted by molar-refractivity contribution is 5.92. The molecule has 3 N–H and O–H groups in total. The third-order valence-corrected chi connectivity index (χ3v) is 3.57. The van der Waals surface area contributed by atoms with Crippen molar-refractivity contribution in [2.24, 2.45) is 5.73 Å². The fourth-order valence-electron chi connectivity index (χ4n) is 2.21. The number of hydrogen-bond donors (Lipinski definition) is 2. The molecular weight excluding hydrogens is 375 g/mol. The number of carbonyl (C=O) groups excluding carboxylic acids is 1. The molecule has 0 spiro atoms. The van der Waals surface area contributed by atoms with Crippen LogP contribution in [-0.4, -0.2) is 34.7 Å². The Hall–Kier alpha value is -2.82. The third kappa shape index (κ3) is 4.67. The molecule has 0 fully saturated rings. The molecule has 146 valence electrons. The van der Waals surface area contributed by atoms with Crippen LogP contribution < -0.4 is 16.5 Å². The second-order valence-electron chi connectivity index (χ2n) is 5.67. The van der Waals surface area contributed by atoms with Crippen LogP contribution in [0.5, 0.6) is 0 Å². The van der Waals surface area contributed by atoms with Gasteiger partial charge < -0.3 is 11.1 Å². The molecule has 0 unspecified atom stereocenters. The van der Waals surface area contributed by atoms with E-state index in [0.29, 0.717) is 0 Å². The van der Waals surface area contributed by atoms with E-state index in [4.69, 9.17) is 5.73 Å². The fraction of sp³-hybridized carbons (Fsp3) is 0.312. The number of amides is 1. The normalized spacial score (nSPS) is 12.1. The summed E-state index contributed by atoms with van der Waals surface area (Å²) >= 11 is 0. The Morgan fingerprint density at radius 3 is 2.44 bits per heavy atom. The van der Waals surface area contributed by atoms with Crippen molar-refractivity contribution in [2.75, 3.05) is 13.1 Å². The number of alkyl halides is 5. The first-order valence-electron chi connectivity index (χ1n) is 7.60. The van der Waals surface area contributed by atoms with Crippen LogP contribution in [0, 0.1) is 6.92 Å². The van der Waals surface area contributed by atoms with Crippen LogP contribution in [0.3, 0.4) is 0 Å². The Kier molecular flexibility index (Phi) is 5.64. The van der Waals surface area contributed by atoms with E-state index in [2.05, 4.69) is 5.10 Å². The molecule has 1 aromatic heterocycles. The first-order valence-corrected chi connectivity index (χ1v) is 7.60. The van der Waals surface area contributed by atoms with Crippen molar-refractivity contribution in [1.82, 2.24) is 15.1 Å². The molecule has 27 heavy (non-hydrogen) atoms. The standard InChI is InChI=1S/C16H15F5N4O2/c1-9-6-12(26)13(14(27)23-8-15(17,18)7-22)24-25(9)11-5-3-2-4-10(11)16(19,20)21/h2-6H,7-8,22H2,1H3,(H,23,27). The molecular formula is C16H15F5N4O2. The zero-order valence-electron chi connectivity index (χ0n) is 14.0. The predicted octanol–water partition coefficient (Wildman–Crippen LogP) is 1.88. The quantitative estimate of drug-likeness (QED) is 0.763. The number of nitrogens with two attached hydrogens (primary N) is 1. The van der Waals surface area contributed by atoms with Gasteiger partial charge in [0.2, 0.25) is 5.43 Å². The summed E-state index contributed by atoms with van der Waals surface area (Å²) in [6.07, 6.45) is -4.71. The fourth-order valence-corrected chi connectivity index (χ4v) is 2.21. The van der Waals surface area contributed by atoms with Gasteiger partial charge in [0.1, 0.15) is 0 Å². The van der Waals surface area contributed by atoms with Crippen LogP contribution >= 0.6 is 0 Å². The first kappa shape index (κ1) is 20.5. The molecule has 0 aliphatic carbocycles. The van der Waals surface area contributed by atoms with Crippen molar-refractivity contribution in [3.63, 3.8) is 0 Å². The highest BCUT2D eigenvalue weighted by Gasteiger charge is 2.34. The Morgan fingerprint density at radius 1 is 1.22 bits per heavy atom. The largest absolute Gasteiger partial charge is 0.418 e. The number of rotatable bonds is 5. The molecule has 1 amide bonds. The number of aromatic nitrogens is 2. The zero-order chi connectivity index (χ0) is 20.4. The van der Waals surface area contributed by atoms with Crippen molar-refractivity contribution in [3.05, 3.63) is 57.5 Å². The summed E-state index contributed by atoms with van der Waals surface area (Å²) in [5.74, 6) is -4.64. The van der Waals surface area contributed by atoms with Gasteiger partial charge >= 0.3 is 6.18 Å². The van der Waals surface area contributed by atoms with E-state index in [1.165, 1.54) is 19.1 Å². The van der Waals surface area contributed by atoms with E-state index in [1.807, 2.05) is 0 Å². The van der Waals surface area contributed by atoms with Gasteiger partial charge in [0.15, 0.2) is 5.69 Å². The number of para-hydroxylation sites is 1. The van der Waals surface area contributed by atoms with Gasteiger partial charge in [-0.15, -0.1) is 0 Å². The zero-order valence-corrected chi connectivity index (χ0v) is 14.0. The summed E-state index contributed by atoms with van der Waals surface area (Å²) in [5, 5.41) is 5.47. The van der Waals surface area contributed by atoms with E-state index in [9.17, 15) is 31.5 Å². The highest BCUT2D eigenvalue weighted by Crippen LogP contribution is 2.33. The van der Waals surface area contributed by atoms with E-state index >= 15 is 0 Å². The van der Waals surface area contributed by atoms with Crippen LogP contribution in [0.15, 0.2) is 35.1 Å². The summed E-state index contributed by atoms with van der Waals surface area (Å²) in [7, 11) is 0. The van der Waals surface area contributed by atoms with E-state index < -0.39 is 53.5 Å². The van der Waals surface area contributed by atoms with Crippen molar-refractivity contribution in [2.45, 2.75) is 19.0 Å². The number of aryl methyl sites for hydroxylation is 1. The SMILES string of the molecule is Cc1cc(=O)c(C(=O)NCC(F)(F)CN)nn1-c1ccccc1C(F)(F)F. The number of halogens is 5. The van der Waals surface area contributed by atoms with Crippen molar-refractivity contribution in [3.8, 4) is 5.69 Å². The Labute approximate surface area is 149 Å². The molecule has 1 aromatic carbocycles. The van der Waals surface area contributed by atoms with Gasteiger partial charge in [-0.1, -0.05) is 12.1 Å². The maximum absolute atomic E-state index is 13.2. The molecule has 2 rings (SSSR count). The van der Waals surface area contributed by atoms with Crippen molar-refractivity contribution in [1.29, 1.82) is 0 Å². The summed E-state index contributed by atoms with van der Waals surface area (Å²) in [6.45, 7) is -0.847. The lowest BCUT2D eigenvalue weighted by molar-refractivity contribution is -0.137. The average molecular weight is 390 g/mol. The summed E-state index contributed by atoms with van der Waals surface area (Å²) in [4.78, 5) is 24.0. The minimum Gasteiger partial charge on any atom is -0.344 e. The maximum atomic E-state index is 13.2. The minimum absolute atomic E-state index is 0.0283. The molecule has 2 aromatic rings. The van der Waals surface area contributed by atoms with Gasteiger partial charge in [-0.05, 0) is 19.1 Å². The van der Waals surface area contributed by atoms with Gasteiger partial charge in [-0.3, -0.25) is 9.59 Å². The Bertz CT molecular complexity index is 908. The average Bonchev–Trinajstić information content (AvgIpc) is 2.59. The number of nitrogens with zero attached hydrogens (tertiary/aromatic N) is 2. The van der Waals surface area contributed by atoms with Gasteiger partial charge in [0.25, 0.3) is 11.8 Å². The van der Waals surface area contributed by atoms with Gasteiger partial charge in [0, 0.05) is 11.8 Å². The summed E-state index contributed by atoms with van der Waals surface area (Å²) < 4.78 is 66.7. The van der Waals surface area contributed by atoms with E-state index in [0.717, 1.165) is 22.9 Å². The number of nitrogens with one attached hydrogen (secondary N) is 1. The third-order valence-electron chi connectivity index (χ3n) is 3.57. The molecule has 0 saturated heterocycles. The van der Waals surface area contributed by atoms with Crippen LogP contribution in [0.1, 0.15) is 21.7 Å². The Morgan fingerprint density at radius 2 is 1.85 bits per heavy atom. The lowest BCUT2D eigenvalue weighted by atomic mass is 10.1. The van der Waals surface area contributed by atoms with Crippen LogP contribution in [0.25, 0.3) is 5.69 Å². The summed E-state index contributed by atoms with van der Waals surface area (Å²) in [5.41, 5.74) is 1.70. The van der Waals surface area contributed by atoms with E-state index in [-0.39, 0.29) is 5.69 Å². The van der Waals surface area contributed by atoms with Gasteiger partial charge in [-0.25, -0.2) is 13.5 Å². The molecule has 0 radical (unpaired) electrons. The molecule has 0 aliphatic rings. The number of benzene rings is 1. The monoisotopic (exact) mass is 390 g/mol. The molecule has 0 atom stereocenters. The number of hydrogen-bond acceptors (Lipinski definition) is 4. The van der Waals surface area contributed by atoms with Crippen LogP contribution in [-0.2, 0) is 6.18 Å². The molecule has 0 saturated carbocycles. The topological polar surface area (TPSA) is 90.0 Å². The van der Waals surface area contributed by atoms with Crippen molar-refractivity contribution < 1.29 is 26.7 Å². The van der Waals surface area contributed by atoms with E-state index in [1.54, 1.807) is 5.32 Å². The molecule has 0 bridgehead atoms. The Balaban J connectivity index is 2.49. The summed E-state index contributed by atoms with van der Waals surface area (Å²) in [6, 6.07) is 5.32.